The van der Waals surface area contributed by atoms with Crippen molar-refractivity contribution in [1.82, 2.24) is 31.3 Å². The summed E-state index contributed by atoms with van der Waals surface area (Å²) in [7, 11) is 2.02. The summed E-state index contributed by atoms with van der Waals surface area (Å²) in [4.78, 5) is 0. The molecule has 0 radical (unpaired) electrons. The first-order valence-electron chi connectivity index (χ1n) is 8.76. The van der Waals surface area contributed by atoms with Crippen molar-refractivity contribution >= 4 is 23.2 Å². The molecule has 1 aromatic carbocycles. The Labute approximate surface area is 158 Å². The molecule has 3 rings (SSSR count). The second kappa shape index (κ2) is 8.45. The maximum atomic E-state index is 6.55. The molecule has 2 unspecified atom stereocenters. The topological polar surface area (TPSA) is 78.5 Å². The highest BCUT2D eigenvalue weighted by molar-refractivity contribution is 6.35. The summed E-state index contributed by atoms with van der Waals surface area (Å²) in [5, 5.41) is 22.8. The fourth-order valence-electron chi connectivity index (χ4n) is 3.87. The summed E-state index contributed by atoms with van der Waals surface area (Å²) in [5.41, 5.74) is 0.947. The summed E-state index contributed by atoms with van der Waals surface area (Å²) in [6.07, 6.45) is 6.34. The van der Waals surface area contributed by atoms with E-state index in [0.29, 0.717) is 11.1 Å². The Balaban J connectivity index is 1.71. The molecule has 1 fully saturated rings. The van der Waals surface area contributed by atoms with Crippen molar-refractivity contribution in [2.24, 2.45) is 0 Å². The van der Waals surface area contributed by atoms with Gasteiger partial charge in [-0.1, -0.05) is 47.3 Å². The number of rotatable bonds is 7. The lowest BCUT2D eigenvalue weighted by Gasteiger charge is -2.45. The lowest BCUT2D eigenvalue weighted by Crippen LogP contribution is -2.58. The van der Waals surface area contributed by atoms with E-state index in [1.807, 2.05) is 19.2 Å². The van der Waals surface area contributed by atoms with Crippen LogP contribution in [0.3, 0.4) is 0 Å². The predicted molar refractivity (Wildman–Crippen MR) is 100.0 cm³/mol. The van der Waals surface area contributed by atoms with Crippen LogP contribution in [0.2, 0.25) is 10.0 Å². The van der Waals surface area contributed by atoms with Gasteiger partial charge in [0, 0.05) is 22.5 Å². The maximum absolute atomic E-state index is 6.55. The van der Waals surface area contributed by atoms with E-state index >= 15 is 0 Å². The molecule has 2 aromatic rings. The van der Waals surface area contributed by atoms with Crippen molar-refractivity contribution < 1.29 is 0 Å². The fourth-order valence-corrected chi connectivity index (χ4v) is 4.45. The largest absolute Gasteiger partial charge is 0.312 e. The van der Waals surface area contributed by atoms with Crippen molar-refractivity contribution in [2.45, 2.75) is 50.1 Å². The molecule has 136 valence electrons. The Morgan fingerprint density at radius 1 is 1.32 bits per heavy atom. The van der Waals surface area contributed by atoms with Gasteiger partial charge in [0.05, 0.1) is 5.54 Å². The first-order valence-corrected chi connectivity index (χ1v) is 9.51. The minimum atomic E-state index is -0.175. The molecule has 1 aliphatic carbocycles. The van der Waals surface area contributed by atoms with E-state index in [1.54, 1.807) is 0 Å². The molecular weight excluding hydrogens is 359 g/mol. The van der Waals surface area contributed by atoms with Crippen LogP contribution in [0, 0.1) is 0 Å². The molecule has 0 aliphatic heterocycles. The first kappa shape index (κ1) is 18.6. The Morgan fingerprint density at radius 3 is 2.92 bits per heavy atom. The third-order valence-electron chi connectivity index (χ3n) is 5.12. The van der Waals surface area contributed by atoms with Crippen LogP contribution in [0.1, 0.15) is 43.5 Å². The van der Waals surface area contributed by atoms with Crippen LogP contribution in [-0.2, 0) is 12.0 Å². The van der Waals surface area contributed by atoms with Crippen LogP contribution in [0.15, 0.2) is 18.2 Å². The fraction of sp³-hybridized carbons (Fsp3) is 0.588. The number of H-pyrrole nitrogens is 1. The van der Waals surface area contributed by atoms with Crippen molar-refractivity contribution in [2.75, 3.05) is 13.6 Å². The van der Waals surface area contributed by atoms with E-state index in [0.717, 1.165) is 48.6 Å². The van der Waals surface area contributed by atoms with Gasteiger partial charge in [-0.25, -0.2) is 0 Å². The van der Waals surface area contributed by atoms with E-state index in [2.05, 4.69) is 37.3 Å². The molecule has 0 saturated heterocycles. The van der Waals surface area contributed by atoms with Crippen molar-refractivity contribution in [3.8, 4) is 0 Å². The number of aryl methyl sites for hydroxylation is 1. The molecule has 0 bridgehead atoms. The molecule has 6 nitrogen and oxygen atoms in total. The van der Waals surface area contributed by atoms with Crippen molar-refractivity contribution in [3.05, 3.63) is 39.6 Å². The molecule has 8 heteroatoms. The van der Waals surface area contributed by atoms with Crippen LogP contribution < -0.4 is 10.6 Å². The van der Waals surface area contributed by atoms with Crippen LogP contribution in [0.4, 0.5) is 0 Å². The van der Waals surface area contributed by atoms with E-state index in [-0.39, 0.29) is 5.54 Å². The number of tetrazole rings is 1. The number of aromatic nitrogens is 4. The molecular formula is C17H24Cl2N6. The van der Waals surface area contributed by atoms with Crippen molar-refractivity contribution in [3.63, 3.8) is 0 Å². The summed E-state index contributed by atoms with van der Waals surface area (Å²) in [6.45, 7) is 0.897. The number of hydrogen-bond acceptors (Lipinski definition) is 5. The zero-order valence-electron chi connectivity index (χ0n) is 14.4. The van der Waals surface area contributed by atoms with Gasteiger partial charge in [0.25, 0.3) is 0 Å². The molecule has 3 N–H and O–H groups in total. The highest BCUT2D eigenvalue weighted by atomic mass is 35.5. The molecule has 25 heavy (non-hydrogen) atoms. The highest BCUT2D eigenvalue weighted by Gasteiger charge is 2.41. The third-order valence-corrected chi connectivity index (χ3v) is 5.67. The van der Waals surface area contributed by atoms with Gasteiger partial charge in [0.15, 0.2) is 5.82 Å². The number of benzene rings is 1. The van der Waals surface area contributed by atoms with Gasteiger partial charge in [-0.3, -0.25) is 0 Å². The molecule has 1 saturated carbocycles. The normalized spacial score (nSPS) is 23.7. The maximum Gasteiger partial charge on any atom is 0.174 e. The summed E-state index contributed by atoms with van der Waals surface area (Å²) in [6, 6.07) is 6.12. The highest BCUT2D eigenvalue weighted by Crippen LogP contribution is 2.41. The average molecular weight is 383 g/mol. The Kier molecular flexibility index (Phi) is 6.28. The lowest BCUT2D eigenvalue weighted by molar-refractivity contribution is 0.178. The number of likely N-dealkylation sites (N-methyl/N-ethyl adjacent to an activating group) is 1. The van der Waals surface area contributed by atoms with E-state index in [4.69, 9.17) is 23.2 Å². The van der Waals surface area contributed by atoms with Gasteiger partial charge < -0.3 is 10.6 Å². The van der Waals surface area contributed by atoms with E-state index in [9.17, 15) is 0 Å². The van der Waals surface area contributed by atoms with Crippen molar-refractivity contribution in [1.29, 1.82) is 0 Å². The Morgan fingerprint density at radius 2 is 2.20 bits per heavy atom. The summed E-state index contributed by atoms with van der Waals surface area (Å²) in [5.74, 6) is 0.756. The molecule has 1 aliphatic rings. The van der Waals surface area contributed by atoms with Gasteiger partial charge >= 0.3 is 0 Å². The predicted octanol–water partition coefficient (Wildman–Crippen LogP) is 3.09. The first-order chi connectivity index (χ1) is 12.2. The quantitative estimate of drug-likeness (QED) is 0.641. The number of nitrogens with one attached hydrogen (secondary N) is 3. The van der Waals surface area contributed by atoms with Gasteiger partial charge in [-0.15, -0.1) is 10.2 Å². The molecule has 2 atom stereocenters. The minimum Gasteiger partial charge on any atom is -0.312 e. The molecule has 0 spiro atoms. The average Bonchev–Trinajstić information content (AvgIpc) is 3.13. The van der Waals surface area contributed by atoms with Crippen LogP contribution >= 0.6 is 23.2 Å². The zero-order valence-corrected chi connectivity index (χ0v) is 15.9. The number of hydrogen-bond donors (Lipinski definition) is 3. The van der Waals surface area contributed by atoms with E-state index < -0.39 is 0 Å². The number of nitrogens with zero attached hydrogens (tertiary/aromatic N) is 3. The lowest BCUT2D eigenvalue weighted by atomic mass is 9.72. The summed E-state index contributed by atoms with van der Waals surface area (Å²) < 4.78 is 0. The van der Waals surface area contributed by atoms with Crippen LogP contribution in [-0.4, -0.2) is 40.3 Å². The van der Waals surface area contributed by atoms with Gasteiger partial charge in [0.1, 0.15) is 0 Å². The zero-order chi connectivity index (χ0) is 17.7. The van der Waals surface area contributed by atoms with Gasteiger partial charge in [-0.2, -0.15) is 5.21 Å². The standard InChI is InChI=1S/C17H24Cl2N6/c1-20-17(13-8-7-12(18)11-14(13)19)9-3-2-5-15(17)21-10-4-6-16-22-24-25-23-16/h7-8,11,15,20-21H,2-6,9-10H2,1H3,(H,22,23,24,25). The number of halogens is 2. The van der Waals surface area contributed by atoms with Crippen LogP contribution in [0.25, 0.3) is 0 Å². The number of aromatic amines is 1. The molecule has 1 aromatic heterocycles. The SMILES string of the molecule is CNC1(c2ccc(Cl)cc2Cl)CCCCC1NCCCc1nn[nH]n1. The Hall–Kier alpha value is -1.21. The second-order valence-electron chi connectivity index (χ2n) is 6.53. The Bertz CT molecular complexity index is 678. The third kappa shape index (κ3) is 4.14. The van der Waals surface area contributed by atoms with Crippen LogP contribution in [0.5, 0.6) is 0 Å². The van der Waals surface area contributed by atoms with Gasteiger partial charge in [0.2, 0.25) is 0 Å². The summed E-state index contributed by atoms with van der Waals surface area (Å²) >= 11 is 12.6. The minimum absolute atomic E-state index is 0.175. The molecule has 0 amide bonds. The van der Waals surface area contributed by atoms with Gasteiger partial charge in [-0.05, 0) is 50.6 Å². The second-order valence-corrected chi connectivity index (χ2v) is 7.37. The monoisotopic (exact) mass is 382 g/mol. The van der Waals surface area contributed by atoms with E-state index in [1.165, 1.54) is 12.8 Å². The molecule has 1 heterocycles. The smallest absolute Gasteiger partial charge is 0.174 e.